The molecule has 2 aliphatic rings. The molecule has 1 amide bonds. The molecule has 0 bridgehead atoms. The van der Waals surface area contributed by atoms with Crippen molar-refractivity contribution in [1.29, 1.82) is 0 Å². The maximum Gasteiger partial charge on any atom is 0.414 e. The molecule has 2 aliphatic heterocycles. The summed E-state index contributed by atoms with van der Waals surface area (Å²) >= 11 is 0. The third-order valence-corrected chi connectivity index (χ3v) is 5.68. The van der Waals surface area contributed by atoms with Crippen LogP contribution in [0.1, 0.15) is 19.0 Å². The van der Waals surface area contributed by atoms with Gasteiger partial charge in [-0.2, -0.15) is 0 Å². The molecule has 0 spiro atoms. The van der Waals surface area contributed by atoms with Crippen molar-refractivity contribution < 1.29 is 23.3 Å². The Kier molecular flexibility index (Phi) is 5.64. The fraction of sp³-hybridized carbons (Fsp3) is 0.304. The van der Waals surface area contributed by atoms with E-state index in [1.807, 2.05) is 24.0 Å². The van der Waals surface area contributed by atoms with Gasteiger partial charge in [-0.1, -0.05) is 10.3 Å². The number of benzene rings is 1. The number of pyridine rings is 1. The zero-order valence-electron chi connectivity index (χ0n) is 18.0. The largest absolute Gasteiger partial charge is 0.444 e. The molecule has 1 saturated heterocycles. The van der Waals surface area contributed by atoms with Crippen LogP contribution in [0.15, 0.2) is 58.5 Å². The Labute approximate surface area is 189 Å². The van der Waals surface area contributed by atoms with Gasteiger partial charge in [0.1, 0.15) is 36.4 Å². The summed E-state index contributed by atoms with van der Waals surface area (Å²) in [5.41, 5.74) is 2.30. The van der Waals surface area contributed by atoms with Crippen molar-refractivity contribution in [3.8, 4) is 11.1 Å². The number of aromatic nitrogens is 2. The van der Waals surface area contributed by atoms with Crippen LogP contribution in [0.3, 0.4) is 0 Å². The van der Waals surface area contributed by atoms with Gasteiger partial charge in [0, 0.05) is 23.4 Å². The summed E-state index contributed by atoms with van der Waals surface area (Å²) in [7, 11) is 0. The van der Waals surface area contributed by atoms with Gasteiger partial charge in [0.15, 0.2) is 0 Å². The Hall–Kier alpha value is -3.95. The molecule has 0 unspecified atom stereocenters. The maximum atomic E-state index is 15.0. The summed E-state index contributed by atoms with van der Waals surface area (Å²) in [4.78, 5) is 25.2. The molecule has 0 saturated carbocycles. The van der Waals surface area contributed by atoms with Gasteiger partial charge in [-0.05, 0) is 50.1 Å². The van der Waals surface area contributed by atoms with Crippen LogP contribution in [-0.2, 0) is 16.0 Å². The third kappa shape index (κ3) is 4.36. The lowest BCUT2D eigenvalue weighted by molar-refractivity contribution is 0.136. The number of amides is 1. The quantitative estimate of drug-likeness (QED) is 0.559. The molecule has 1 aromatic carbocycles. The summed E-state index contributed by atoms with van der Waals surface area (Å²) < 4.78 is 25.2. The summed E-state index contributed by atoms with van der Waals surface area (Å²) in [5.74, 6) is 0.996. The Morgan fingerprint density at radius 2 is 2.09 bits per heavy atom. The van der Waals surface area contributed by atoms with Crippen LogP contribution in [0.5, 0.6) is 0 Å². The van der Waals surface area contributed by atoms with E-state index >= 15 is 0 Å². The number of halogens is 1. The molecule has 170 valence electrons. The Morgan fingerprint density at radius 3 is 2.82 bits per heavy atom. The lowest BCUT2D eigenvalue weighted by atomic mass is 10.1. The number of rotatable bonds is 6. The third-order valence-electron chi connectivity index (χ3n) is 5.68. The Bertz CT molecular complexity index is 1170. The minimum absolute atomic E-state index is 0.291. The minimum Gasteiger partial charge on any atom is -0.444 e. The van der Waals surface area contributed by atoms with Crippen molar-refractivity contribution >= 4 is 23.4 Å². The summed E-state index contributed by atoms with van der Waals surface area (Å²) in [6.07, 6.45) is 3.60. The van der Waals surface area contributed by atoms with E-state index in [2.05, 4.69) is 15.3 Å². The first kappa shape index (κ1) is 20.9. The van der Waals surface area contributed by atoms with E-state index in [9.17, 15) is 9.18 Å². The molecule has 1 atom stereocenters. The van der Waals surface area contributed by atoms with E-state index in [1.165, 1.54) is 17.2 Å². The second kappa shape index (κ2) is 8.89. The second-order valence-electron chi connectivity index (χ2n) is 7.84. The van der Waals surface area contributed by atoms with Crippen LogP contribution in [0.25, 0.3) is 11.1 Å². The van der Waals surface area contributed by atoms with E-state index in [0.717, 1.165) is 11.5 Å². The molecular formula is C23H22FN5O4. The van der Waals surface area contributed by atoms with Gasteiger partial charge in [-0.25, -0.2) is 14.2 Å². The highest BCUT2D eigenvalue weighted by atomic mass is 19.1. The summed E-state index contributed by atoms with van der Waals surface area (Å²) in [6, 6.07) is 10.1. The second-order valence-corrected chi connectivity index (χ2v) is 7.84. The number of cyclic esters (lactones) is 1. The van der Waals surface area contributed by atoms with Gasteiger partial charge in [-0.3, -0.25) is 4.90 Å². The summed E-state index contributed by atoms with van der Waals surface area (Å²) in [5, 5.41) is 7.82. The number of nitrogens with zero attached hydrogens (tertiary/aromatic N) is 5. The maximum absolute atomic E-state index is 15.0. The summed E-state index contributed by atoms with van der Waals surface area (Å²) in [6.45, 7) is 3.33. The first-order valence-electron chi connectivity index (χ1n) is 10.7. The molecule has 0 radical (unpaired) electrons. The fourth-order valence-corrected chi connectivity index (χ4v) is 3.93. The number of carbonyl (C=O) groups excluding carboxylic acids is 1. The Morgan fingerprint density at radius 1 is 1.18 bits per heavy atom. The lowest BCUT2D eigenvalue weighted by Crippen LogP contribution is -2.36. The Balaban J connectivity index is 1.28. The van der Waals surface area contributed by atoms with Gasteiger partial charge in [-0.15, -0.1) is 0 Å². The monoisotopic (exact) mass is 451 g/mol. The molecular weight excluding hydrogens is 429 g/mol. The molecule has 0 N–H and O–H groups in total. The normalized spacial score (nSPS) is 18.2. The zero-order valence-corrected chi connectivity index (χ0v) is 18.0. The highest BCUT2D eigenvalue weighted by Gasteiger charge is 2.32. The van der Waals surface area contributed by atoms with Crippen LogP contribution in [0.2, 0.25) is 0 Å². The number of anilines is 2. The molecule has 2 aromatic heterocycles. The van der Waals surface area contributed by atoms with Crippen LogP contribution in [0, 0.1) is 5.82 Å². The zero-order chi connectivity index (χ0) is 22.8. The molecule has 3 aromatic rings. The molecule has 0 aliphatic carbocycles. The molecule has 9 nitrogen and oxygen atoms in total. The first-order valence-corrected chi connectivity index (χ1v) is 10.7. The van der Waals surface area contributed by atoms with Crippen molar-refractivity contribution in [2.45, 2.75) is 25.9 Å². The first-order chi connectivity index (χ1) is 16.1. The predicted octanol–water partition coefficient (Wildman–Crippen LogP) is 4.00. The van der Waals surface area contributed by atoms with Crippen LogP contribution in [-0.4, -0.2) is 47.9 Å². The number of hydrogen-bond donors (Lipinski definition) is 0. The average molecular weight is 451 g/mol. The van der Waals surface area contributed by atoms with E-state index in [-0.39, 0.29) is 6.10 Å². The molecule has 1 fully saturated rings. The van der Waals surface area contributed by atoms with Gasteiger partial charge in [0.25, 0.3) is 0 Å². The highest BCUT2D eigenvalue weighted by Crippen LogP contribution is 2.30. The van der Waals surface area contributed by atoms with E-state index < -0.39 is 11.9 Å². The molecule has 10 heteroatoms. The predicted molar refractivity (Wildman–Crippen MR) is 118 cm³/mol. The fourth-order valence-electron chi connectivity index (χ4n) is 3.93. The van der Waals surface area contributed by atoms with Crippen molar-refractivity contribution in [2.24, 2.45) is 5.16 Å². The molecule has 33 heavy (non-hydrogen) atoms. The SMILES string of the molecule is CC1=NOCCN1c1ccc(-c2ccc(N3C[C@H](CCc4ccon4)OC3=O)cc2F)cn1. The smallest absolute Gasteiger partial charge is 0.414 e. The van der Waals surface area contributed by atoms with Gasteiger partial charge >= 0.3 is 6.09 Å². The number of aryl methyl sites for hydroxylation is 1. The molecule has 4 heterocycles. The van der Waals surface area contributed by atoms with Gasteiger partial charge < -0.3 is 19.0 Å². The van der Waals surface area contributed by atoms with E-state index in [4.69, 9.17) is 14.1 Å². The van der Waals surface area contributed by atoms with E-state index in [1.54, 1.807) is 24.4 Å². The number of carbonyl (C=O) groups is 1. The van der Waals surface area contributed by atoms with Crippen LogP contribution < -0.4 is 9.80 Å². The van der Waals surface area contributed by atoms with Crippen LogP contribution in [0.4, 0.5) is 20.7 Å². The van der Waals surface area contributed by atoms with Crippen LogP contribution >= 0.6 is 0 Å². The number of oxime groups is 1. The highest BCUT2D eigenvalue weighted by molar-refractivity contribution is 5.95. The standard InChI is InChI=1S/C23H22FN5O4/c1-15-26-32-11-9-28(15)22-7-2-16(13-25-22)20-6-4-18(12-21(20)24)29-14-19(33-23(29)30)5-3-17-8-10-31-27-17/h2,4,6-8,10,12-13,19H,3,5,9,11,14H2,1H3/t19-/m0/s1. The molecule has 5 rings (SSSR count). The van der Waals surface area contributed by atoms with E-state index in [0.29, 0.717) is 55.2 Å². The van der Waals surface area contributed by atoms with Crippen molar-refractivity contribution in [2.75, 3.05) is 29.5 Å². The van der Waals surface area contributed by atoms with Crippen molar-refractivity contribution in [1.82, 2.24) is 10.1 Å². The van der Waals surface area contributed by atoms with Crippen molar-refractivity contribution in [3.05, 3.63) is 60.4 Å². The number of hydrogen-bond acceptors (Lipinski definition) is 8. The number of ether oxygens (including phenoxy) is 1. The van der Waals surface area contributed by atoms with Crippen molar-refractivity contribution in [3.63, 3.8) is 0 Å². The van der Waals surface area contributed by atoms with Gasteiger partial charge in [0.2, 0.25) is 0 Å². The topological polar surface area (TPSA) is 93.3 Å². The average Bonchev–Trinajstić information content (AvgIpc) is 3.48. The lowest BCUT2D eigenvalue weighted by Gasteiger charge is -2.25. The minimum atomic E-state index is -0.485. The number of amidine groups is 1. The van der Waals surface area contributed by atoms with Gasteiger partial charge in [0.05, 0.1) is 24.5 Å².